The number of ether oxygens (including phenoxy) is 2. The van der Waals surface area contributed by atoms with Gasteiger partial charge in [-0.05, 0) is 19.9 Å². The van der Waals surface area contributed by atoms with Gasteiger partial charge in [-0.3, -0.25) is 4.79 Å². The molecule has 0 saturated carbocycles. The number of carbonyl (C=O) groups excluding carboxylic acids is 1. The minimum Gasteiger partial charge on any atom is -0.494 e. The minimum absolute atomic E-state index is 0.0559. The molecule has 1 N–H and O–H groups in total. The van der Waals surface area contributed by atoms with Crippen molar-refractivity contribution < 1.29 is 14.3 Å². The number of hydrogen-bond donors (Lipinski definition) is 1. The van der Waals surface area contributed by atoms with Gasteiger partial charge in [0.25, 0.3) is 5.91 Å². The molecule has 0 bridgehead atoms. The highest BCUT2D eigenvalue weighted by Gasteiger charge is 2.26. The summed E-state index contributed by atoms with van der Waals surface area (Å²) in [5, 5.41) is 3.21. The zero-order valence-electron chi connectivity index (χ0n) is 9.57. The molecule has 16 heavy (non-hydrogen) atoms. The number of nitrogens with one attached hydrogen (secondary N) is 1. The molecule has 5 nitrogen and oxygen atoms in total. The maximum Gasteiger partial charge on any atom is 0.292 e. The Morgan fingerprint density at radius 1 is 1.56 bits per heavy atom. The van der Waals surface area contributed by atoms with E-state index in [9.17, 15) is 4.79 Å². The van der Waals surface area contributed by atoms with Crippen molar-refractivity contribution in [3.05, 3.63) is 12.0 Å². The zero-order valence-corrected chi connectivity index (χ0v) is 9.57. The summed E-state index contributed by atoms with van der Waals surface area (Å²) in [6, 6.07) is 0.391. The number of likely N-dealkylation sites (tertiary alicyclic amines) is 1. The standard InChI is InChI=1S/C11H18N2O3/c1-12-9-3-2-4-13(7-9)11(14)10-8-15-5-6-16-10/h8-9,12H,2-7H2,1H3. The largest absolute Gasteiger partial charge is 0.494 e. The lowest BCUT2D eigenvalue weighted by atomic mass is 10.1. The molecule has 2 aliphatic heterocycles. The number of hydrogen-bond acceptors (Lipinski definition) is 4. The van der Waals surface area contributed by atoms with Crippen LogP contribution in [0.1, 0.15) is 12.8 Å². The van der Waals surface area contributed by atoms with Crippen molar-refractivity contribution in [2.75, 3.05) is 33.4 Å². The van der Waals surface area contributed by atoms with Crippen molar-refractivity contribution in [3.63, 3.8) is 0 Å². The highest BCUT2D eigenvalue weighted by molar-refractivity contribution is 5.91. The Morgan fingerprint density at radius 2 is 2.44 bits per heavy atom. The Balaban J connectivity index is 1.95. The molecule has 90 valence electrons. The van der Waals surface area contributed by atoms with Gasteiger partial charge in [-0.1, -0.05) is 0 Å². The Labute approximate surface area is 95.4 Å². The van der Waals surface area contributed by atoms with E-state index in [0.29, 0.717) is 25.0 Å². The lowest BCUT2D eigenvalue weighted by molar-refractivity contribution is -0.133. The highest BCUT2D eigenvalue weighted by atomic mass is 16.6. The first kappa shape index (κ1) is 11.3. The fourth-order valence-electron chi connectivity index (χ4n) is 2.03. The van der Waals surface area contributed by atoms with Crippen molar-refractivity contribution in [1.82, 2.24) is 10.2 Å². The van der Waals surface area contributed by atoms with Gasteiger partial charge in [-0.15, -0.1) is 0 Å². The monoisotopic (exact) mass is 226 g/mol. The Kier molecular flexibility index (Phi) is 3.66. The van der Waals surface area contributed by atoms with Gasteiger partial charge in [0.2, 0.25) is 5.76 Å². The maximum absolute atomic E-state index is 12.0. The average Bonchev–Trinajstić information content (AvgIpc) is 2.39. The van der Waals surface area contributed by atoms with Crippen LogP contribution in [0.3, 0.4) is 0 Å². The quantitative estimate of drug-likeness (QED) is 0.724. The van der Waals surface area contributed by atoms with Crippen molar-refractivity contribution in [2.45, 2.75) is 18.9 Å². The molecule has 0 aromatic carbocycles. The first-order valence-corrected chi connectivity index (χ1v) is 5.72. The summed E-state index contributed by atoms with van der Waals surface area (Å²) in [5.41, 5.74) is 0. The molecule has 5 heteroatoms. The minimum atomic E-state index is -0.0559. The summed E-state index contributed by atoms with van der Waals surface area (Å²) < 4.78 is 10.4. The third-order valence-corrected chi connectivity index (χ3v) is 2.98. The normalized spacial score (nSPS) is 25.4. The first-order chi connectivity index (χ1) is 7.81. The van der Waals surface area contributed by atoms with E-state index in [-0.39, 0.29) is 5.91 Å². The van der Waals surface area contributed by atoms with Crippen molar-refractivity contribution in [3.8, 4) is 0 Å². The summed E-state index contributed by atoms with van der Waals surface area (Å²) in [4.78, 5) is 13.9. The van der Waals surface area contributed by atoms with Crippen LogP contribution in [0.25, 0.3) is 0 Å². The molecule has 0 aromatic rings. The van der Waals surface area contributed by atoms with Crippen LogP contribution >= 0.6 is 0 Å². The number of likely N-dealkylation sites (N-methyl/N-ethyl adjacent to an activating group) is 1. The molecule has 1 atom stereocenters. The van der Waals surface area contributed by atoms with E-state index in [4.69, 9.17) is 9.47 Å². The molecule has 1 unspecified atom stereocenters. The smallest absolute Gasteiger partial charge is 0.292 e. The van der Waals surface area contributed by atoms with E-state index in [1.807, 2.05) is 11.9 Å². The van der Waals surface area contributed by atoms with Gasteiger partial charge in [0.1, 0.15) is 19.5 Å². The highest BCUT2D eigenvalue weighted by Crippen LogP contribution is 2.15. The molecule has 1 saturated heterocycles. The third-order valence-electron chi connectivity index (χ3n) is 2.98. The molecule has 0 spiro atoms. The van der Waals surface area contributed by atoms with Crippen LogP contribution in [0.4, 0.5) is 0 Å². The van der Waals surface area contributed by atoms with E-state index in [2.05, 4.69) is 5.32 Å². The SMILES string of the molecule is CNC1CCCN(C(=O)C2=COCCO2)C1. The molecule has 2 heterocycles. The second-order valence-corrected chi connectivity index (χ2v) is 4.08. The van der Waals surface area contributed by atoms with Crippen LogP contribution in [0.15, 0.2) is 12.0 Å². The summed E-state index contributed by atoms with van der Waals surface area (Å²) in [5.74, 6) is 0.280. The summed E-state index contributed by atoms with van der Waals surface area (Å²) in [6.07, 6.45) is 3.58. The molecule has 0 radical (unpaired) electrons. The van der Waals surface area contributed by atoms with Gasteiger partial charge in [0.05, 0.1) is 0 Å². The maximum atomic E-state index is 12.0. The van der Waals surface area contributed by atoms with Crippen LogP contribution in [0, 0.1) is 0 Å². The van der Waals surface area contributed by atoms with Gasteiger partial charge < -0.3 is 19.7 Å². The lowest BCUT2D eigenvalue weighted by Crippen LogP contribution is -2.47. The van der Waals surface area contributed by atoms with E-state index in [1.54, 1.807) is 0 Å². The second-order valence-electron chi connectivity index (χ2n) is 4.08. The number of piperidine rings is 1. The zero-order chi connectivity index (χ0) is 11.4. The number of nitrogens with zero attached hydrogens (tertiary/aromatic N) is 1. The number of rotatable bonds is 2. The summed E-state index contributed by atoms with van der Waals surface area (Å²) in [6.45, 7) is 2.53. The molecule has 2 rings (SSSR count). The van der Waals surface area contributed by atoms with E-state index >= 15 is 0 Å². The Morgan fingerprint density at radius 3 is 3.12 bits per heavy atom. The Bertz CT molecular complexity index is 291. The van der Waals surface area contributed by atoms with Gasteiger partial charge >= 0.3 is 0 Å². The molecule has 2 aliphatic rings. The van der Waals surface area contributed by atoms with Crippen molar-refractivity contribution in [1.29, 1.82) is 0 Å². The topological polar surface area (TPSA) is 50.8 Å². The van der Waals surface area contributed by atoms with Crippen LogP contribution in [-0.4, -0.2) is 50.2 Å². The second kappa shape index (κ2) is 5.21. The van der Waals surface area contributed by atoms with Crippen molar-refractivity contribution >= 4 is 5.91 Å². The summed E-state index contributed by atoms with van der Waals surface area (Å²) in [7, 11) is 1.93. The van der Waals surface area contributed by atoms with E-state index in [0.717, 1.165) is 25.9 Å². The molecular formula is C11H18N2O3. The number of amides is 1. The van der Waals surface area contributed by atoms with Crippen LogP contribution in [0.2, 0.25) is 0 Å². The third kappa shape index (κ3) is 2.47. The fraction of sp³-hybridized carbons (Fsp3) is 0.727. The van der Waals surface area contributed by atoms with E-state index < -0.39 is 0 Å². The Hall–Kier alpha value is -1.23. The number of carbonyl (C=O) groups is 1. The molecule has 1 fully saturated rings. The first-order valence-electron chi connectivity index (χ1n) is 5.72. The van der Waals surface area contributed by atoms with Gasteiger partial charge in [-0.25, -0.2) is 0 Å². The predicted molar refractivity (Wildman–Crippen MR) is 58.6 cm³/mol. The summed E-state index contributed by atoms with van der Waals surface area (Å²) >= 11 is 0. The molecular weight excluding hydrogens is 208 g/mol. The van der Waals surface area contributed by atoms with Crippen LogP contribution in [0.5, 0.6) is 0 Å². The van der Waals surface area contributed by atoms with Gasteiger partial charge in [0.15, 0.2) is 0 Å². The van der Waals surface area contributed by atoms with E-state index in [1.165, 1.54) is 6.26 Å². The molecule has 1 amide bonds. The van der Waals surface area contributed by atoms with Crippen LogP contribution in [-0.2, 0) is 14.3 Å². The average molecular weight is 226 g/mol. The van der Waals surface area contributed by atoms with Crippen molar-refractivity contribution in [2.24, 2.45) is 0 Å². The molecule has 0 aromatic heterocycles. The lowest BCUT2D eigenvalue weighted by Gasteiger charge is -2.33. The fourth-order valence-corrected chi connectivity index (χ4v) is 2.03. The predicted octanol–water partition coefficient (Wildman–Crippen LogP) is 0.0850. The van der Waals surface area contributed by atoms with Gasteiger partial charge in [-0.2, -0.15) is 0 Å². The van der Waals surface area contributed by atoms with Crippen LogP contribution < -0.4 is 5.32 Å². The van der Waals surface area contributed by atoms with Gasteiger partial charge in [0, 0.05) is 19.1 Å². The molecule has 0 aliphatic carbocycles.